The van der Waals surface area contributed by atoms with Crippen LogP contribution in [0.5, 0.6) is 5.75 Å². The lowest BCUT2D eigenvalue weighted by atomic mass is 10.2. The fraction of sp³-hybridized carbons (Fsp3) is 0.400. The highest BCUT2D eigenvalue weighted by molar-refractivity contribution is 7.99. The molecule has 2 aromatic heterocycles. The third-order valence-corrected chi connectivity index (χ3v) is 4.38. The van der Waals surface area contributed by atoms with Crippen molar-refractivity contribution in [2.75, 3.05) is 7.11 Å². The second kappa shape index (κ2) is 7.00. The lowest BCUT2D eigenvalue weighted by Crippen LogP contribution is -2.02. The maximum Gasteiger partial charge on any atom is 0.239 e. The zero-order chi connectivity index (χ0) is 17.1. The Bertz CT molecular complexity index is 816. The molecule has 24 heavy (non-hydrogen) atoms. The van der Waals surface area contributed by atoms with Crippen molar-refractivity contribution in [2.45, 2.75) is 37.1 Å². The molecule has 9 heteroatoms. The molecule has 0 aliphatic rings. The van der Waals surface area contributed by atoms with Gasteiger partial charge in [-0.25, -0.2) is 0 Å². The topological polar surface area (TPSA) is 91.8 Å². The van der Waals surface area contributed by atoms with E-state index in [0.717, 1.165) is 5.69 Å². The summed E-state index contributed by atoms with van der Waals surface area (Å²) >= 11 is 1.44. The third kappa shape index (κ3) is 3.25. The van der Waals surface area contributed by atoms with Gasteiger partial charge in [-0.3, -0.25) is 0 Å². The number of methoxy groups -OCH3 is 1. The number of tetrazole rings is 1. The summed E-state index contributed by atoms with van der Waals surface area (Å²) in [5.74, 6) is 2.16. The third-order valence-electron chi connectivity index (χ3n) is 3.36. The number of benzene rings is 1. The smallest absolute Gasteiger partial charge is 0.239 e. The molecule has 1 aromatic carbocycles. The van der Waals surface area contributed by atoms with E-state index in [1.54, 1.807) is 11.8 Å². The highest BCUT2D eigenvalue weighted by atomic mass is 32.2. The lowest BCUT2D eigenvalue weighted by Gasteiger charge is -2.10. The molecule has 0 saturated carbocycles. The van der Waals surface area contributed by atoms with Gasteiger partial charge in [0.25, 0.3) is 0 Å². The van der Waals surface area contributed by atoms with E-state index in [-0.39, 0.29) is 11.2 Å². The van der Waals surface area contributed by atoms with Crippen LogP contribution in [0.2, 0.25) is 0 Å². The second-order valence-electron chi connectivity index (χ2n) is 5.45. The Kier molecular flexibility index (Phi) is 4.79. The van der Waals surface area contributed by atoms with Crippen molar-refractivity contribution in [1.82, 2.24) is 30.3 Å². The maximum atomic E-state index is 5.38. The minimum atomic E-state index is -0.0792. The van der Waals surface area contributed by atoms with Crippen LogP contribution >= 0.6 is 11.8 Å². The Morgan fingerprint density at radius 1 is 1.21 bits per heavy atom. The standard InChI is InChI=1S/C15H18N6O2S/c1-9(2)13-16-14(23-18-13)10(3)24-15-17-19-20-21(15)11-7-5-6-8-12(11)22-4/h5-10H,1-4H3. The van der Waals surface area contributed by atoms with Crippen molar-refractivity contribution in [3.05, 3.63) is 36.0 Å². The van der Waals surface area contributed by atoms with Gasteiger partial charge in [0.05, 0.1) is 12.4 Å². The Morgan fingerprint density at radius 3 is 2.71 bits per heavy atom. The summed E-state index contributed by atoms with van der Waals surface area (Å²) in [6.45, 7) is 6.02. The van der Waals surface area contributed by atoms with E-state index in [1.165, 1.54) is 11.8 Å². The average molecular weight is 346 g/mol. The van der Waals surface area contributed by atoms with Crippen LogP contribution in [0.4, 0.5) is 0 Å². The zero-order valence-electron chi connectivity index (χ0n) is 13.9. The first-order valence-corrected chi connectivity index (χ1v) is 8.40. The first kappa shape index (κ1) is 16.4. The molecule has 0 amide bonds. The SMILES string of the molecule is COc1ccccc1-n1nnnc1SC(C)c1nc(C(C)C)no1. The quantitative estimate of drug-likeness (QED) is 0.629. The molecule has 3 aromatic rings. The second-order valence-corrected chi connectivity index (χ2v) is 6.76. The number of nitrogens with zero attached hydrogens (tertiary/aromatic N) is 6. The molecule has 0 spiro atoms. The van der Waals surface area contributed by atoms with E-state index in [2.05, 4.69) is 25.7 Å². The molecular weight excluding hydrogens is 328 g/mol. The van der Waals surface area contributed by atoms with E-state index in [1.807, 2.05) is 45.0 Å². The summed E-state index contributed by atoms with van der Waals surface area (Å²) in [6, 6.07) is 7.56. The number of hydrogen-bond donors (Lipinski definition) is 0. The van der Waals surface area contributed by atoms with Crippen molar-refractivity contribution in [3.63, 3.8) is 0 Å². The summed E-state index contributed by atoms with van der Waals surface area (Å²) in [7, 11) is 1.62. The Balaban J connectivity index is 1.85. The molecule has 1 atom stereocenters. The Morgan fingerprint density at radius 2 is 2.00 bits per heavy atom. The van der Waals surface area contributed by atoms with Crippen LogP contribution in [0.15, 0.2) is 33.9 Å². The van der Waals surface area contributed by atoms with E-state index in [9.17, 15) is 0 Å². The number of aromatic nitrogens is 6. The lowest BCUT2D eigenvalue weighted by molar-refractivity contribution is 0.373. The molecule has 1 unspecified atom stereocenters. The van der Waals surface area contributed by atoms with Crippen LogP contribution < -0.4 is 4.74 Å². The van der Waals surface area contributed by atoms with Crippen LogP contribution in [-0.4, -0.2) is 37.5 Å². The van der Waals surface area contributed by atoms with Crippen LogP contribution in [0.25, 0.3) is 5.69 Å². The summed E-state index contributed by atoms with van der Waals surface area (Å²) in [5, 5.41) is 16.5. The number of thioether (sulfide) groups is 1. The normalized spacial score (nSPS) is 12.5. The summed E-state index contributed by atoms with van der Waals surface area (Å²) < 4.78 is 12.4. The highest BCUT2D eigenvalue weighted by Gasteiger charge is 2.21. The number of para-hydroxylation sites is 2. The molecule has 3 rings (SSSR count). The molecule has 0 N–H and O–H groups in total. The van der Waals surface area contributed by atoms with Crippen molar-refractivity contribution >= 4 is 11.8 Å². The molecule has 0 aliphatic carbocycles. The highest BCUT2D eigenvalue weighted by Crippen LogP contribution is 2.34. The maximum absolute atomic E-state index is 5.38. The van der Waals surface area contributed by atoms with E-state index < -0.39 is 0 Å². The predicted octanol–water partition coefficient (Wildman–Crippen LogP) is 3.03. The summed E-state index contributed by atoms with van der Waals surface area (Å²) in [5.41, 5.74) is 0.771. The largest absolute Gasteiger partial charge is 0.494 e. The van der Waals surface area contributed by atoms with E-state index >= 15 is 0 Å². The van der Waals surface area contributed by atoms with Crippen molar-refractivity contribution in [3.8, 4) is 11.4 Å². The molecule has 0 fully saturated rings. The first-order chi connectivity index (χ1) is 11.6. The van der Waals surface area contributed by atoms with E-state index in [4.69, 9.17) is 9.26 Å². The minimum absolute atomic E-state index is 0.0792. The molecule has 0 saturated heterocycles. The molecule has 0 bridgehead atoms. The fourth-order valence-corrected chi connectivity index (χ4v) is 2.89. The molecule has 8 nitrogen and oxygen atoms in total. The van der Waals surface area contributed by atoms with Crippen LogP contribution in [0.1, 0.15) is 43.7 Å². The molecule has 2 heterocycles. The fourth-order valence-electron chi connectivity index (χ4n) is 2.06. The number of ether oxygens (including phenoxy) is 1. The molecule has 126 valence electrons. The van der Waals surface area contributed by atoms with E-state index in [0.29, 0.717) is 22.6 Å². The summed E-state index contributed by atoms with van der Waals surface area (Å²) in [4.78, 5) is 4.43. The van der Waals surface area contributed by atoms with Gasteiger partial charge in [-0.15, -0.1) is 5.10 Å². The Labute approximate surface area is 143 Å². The van der Waals surface area contributed by atoms with Crippen molar-refractivity contribution < 1.29 is 9.26 Å². The van der Waals surface area contributed by atoms with Crippen LogP contribution in [0, 0.1) is 0 Å². The molecular formula is C15H18N6O2S. The van der Waals surface area contributed by atoms with Crippen LogP contribution in [0.3, 0.4) is 0 Å². The van der Waals surface area contributed by atoms with Gasteiger partial charge in [-0.1, -0.05) is 42.9 Å². The summed E-state index contributed by atoms with van der Waals surface area (Å²) in [6.07, 6.45) is 0. The van der Waals surface area contributed by atoms with Crippen molar-refractivity contribution in [1.29, 1.82) is 0 Å². The van der Waals surface area contributed by atoms with Gasteiger partial charge >= 0.3 is 0 Å². The van der Waals surface area contributed by atoms with Gasteiger partial charge in [-0.2, -0.15) is 9.67 Å². The van der Waals surface area contributed by atoms with Gasteiger partial charge in [-0.05, 0) is 29.5 Å². The predicted molar refractivity (Wildman–Crippen MR) is 88.4 cm³/mol. The van der Waals surface area contributed by atoms with Crippen LogP contribution in [-0.2, 0) is 0 Å². The number of rotatable bonds is 6. The number of hydrogen-bond acceptors (Lipinski definition) is 8. The van der Waals surface area contributed by atoms with Gasteiger partial charge < -0.3 is 9.26 Å². The van der Waals surface area contributed by atoms with Crippen molar-refractivity contribution in [2.24, 2.45) is 0 Å². The van der Waals surface area contributed by atoms with Gasteiger partial charge in [0, 0.05) is 5.92 Å². The minimum Gasteiger partial charge on any atom is -0.494 e. The Hall–Kier alpha value is -2.42. The average Bonchev–Trinajstić information content (AvgIpc) is 3.24. The molecule has 0 aliphatic heterocycles. The van der Waals surface area contributed by atoms with Gasteiger partial charge in [0.2, 0.25) is 11.0 Å². The molecule has 0 radical (unpaired) electrons. The van der Waals surface area contributed by atoms with Gasteiger partial charge in [0.1, 0.15) is 11.4 Å². The monoisotopic (exact) mass is 346 g/mol. The first-order valence-electron chi connectivity index (χ1n) is 7.52. The zero-order valence-corrected chi connectivity index (χ0v) is 14.7. The van der Waals surface area contributed by atoms with Gasteiger partial charge in [0.15, 0.2) is 5.82 Å².